The highest BCUT2D eigenvalue weighted by molar-refractivity contribution is 6.34. The van der Waals surface area contributed by atoms with Gasteiger partial charge in [-0.3, -0.25) is 19.0 Å². The fraction of sp³-hybridized carbons (Fsp3) is 0.158. The zero-order valence-corrected chi connectivity index (χ0v) is 15.9. The molecule has 0 fully saturated rings. The van der Waals surface area contributed by atoms with Crippen LogP contribution in [-0.4, -0.2) is 21.4 Å². The zero-order chi connectivity index (χ0) is 20.4. The Morgan fingerprint density at radius 1 is 1.11 bits per heavy atom. The molecule has 0 bridgehead atoms. The van der Waals surface area contributed by atoms with E-state index in [4.69, 9.17) is 11.6 Å². The summed E-state index contributed by atoms with van der Waals surface area (Å²) in [6, 6.07) is 9.12. The van der Waals surface area contributed by atoms with Gasteiger partial charge in [0.2, 0.25) is 5.91 Å². The number of hydrogen-bond donors (Lipinski definition) is 3. The van der Waals surface area contributed by atoms with Crippen LogP contribution in [0, 0.1) is 0 Å². The van der Waals surface area contributed by atoms with Gasteiger partial charge in [0.1, 0.15) is 0 Å². The molecule has 2 amide bonds. The van der Waals surface area contributed by atoms with Crippen molar-refractivity contribution in [2.75, 3.05) is 10.6 Å². The van der Waals surface area contributed by atoms with Crippen LogP contribution in [0.25, 0.3) is 10.9 Å². The number of benzene rings is 2. The summed E-state index contributed by atoms with van der Waals surface area (Å²) in [5.41, 5.74) is 0.443. The summed E-state index contributed by atoms with van der Waals surface area (Å²) >= 11 is 6.16. The molecule has 9 heteroatoms. The van der Waals surface area contributed by atoms with Gasteiger partial charge in [0.25, 0.3) is 11.5 Å². The van der Waals surface area contributed by atoms with Crippen LogP contribution < -0.4 is 21.9 Å². The van der Waals surface area contributed by atoms with Gasteiger partial charge in [-0.05, 0) is 43.3 Å². The van der Waals surface area contributed by atoms with Crippen molar-refractivity contribution in [2.45, 2.75) is 20.4 Å². The molecule has 0 unspecified atom stereocenters. The van der Waals surface area contributed by atoms with Crippen LogP contribution in [0.5, 0.6) is 0 Å². The van der Waals surface area contributed by atoms with Crippen molar-refractivity contribution in [3.8, 4) is 0 Å². The fourth-order valence-electron chi connectivity index (χ4n) is 2.77. The largest absolute Gasteiger partial charge is 0.328 e. The second-order valence-electron chi connectivity index (χ2n) is 6.07. The number of aromatic nitrogens is 2. The van der Waals surface area contributed by atoms with Crippen LogP contribution in [0.3, 0.4) is 0 Å². The molecule has 3 aromatic rings. The SMILES string of the molecule is CCn1c(=O)[nH]c2cc(C(=O)Nc3ccc(NC(C)=O)cc3Cl)ccc2c1=O. The number of nitrogens with one attached hydrogen (secondary N) is 3. The molecule has 0 aliphatic rings. The van der Waals surface area contributed by atoms with Crippen LogP contribution in [0.2, 0.25) is 5.02 Å². The Hall–Kier alpha value is -3.39. The second-order valence-corrected chi connectivity index (χ2v) is 6.48. The van der Waals surface area contributed by atoms with Crippen LogP contribution in [0.15, 0.2) is 46.0 Å². The second kappa shape index (κ2) is 7.69. The van der Waals surface area contributed by atoms with Gasteiger partial charge >= 0.3 is 5.69 Å². The highest BCUT2D eigenvalue weighted by Gasteiger charge is 2.12. The standard InChI is InChI=1S/C19H17ClN4O4/c1-3-24-18(27)13-6-4-11(8-16(13)23-19(24)28)17(26)22-15-7-5-12(9-14(15)20)21-10(2)25/h4-9H,3H2,1-2H3,(H,21,25)(H,22,26)(H,23,28). The van der Waals surface area contributed by atoms with Crippen LogP contribution in [0.4, 0.5) is 11.4 Å². The van der Waals surface area contributed by atoms with Crippen molar-refractivity contribution in [1.29, 1.82) is 0 Å². The topological polar surface area (TPSA) is 113 Å². The van der Waals surface area contributed by atoms with E-state index in [9.17, 15) is 19.2 Å². The van der Waals surface area contributed by atoms with E-state index in [0.29, 0.717) is 16.8 Å². The number of halogens is 1. The fourth-order valence-corrected chi connectivity index (χ4v) is 3.00. The molecule has 0 aliphatic heterocycles. The first-order valence-electron chi connectivity index (χ1n) is 8.45. The van der Waals surface area contributed by atoms with Crippen molar-refractivity contribution < 1.29 is 9.59 Å². The molecule has 0 saturated heterocycles. The van der Waals surface area contributed by atoms with Crippen molar-refractivity contribution in [3.05, 3.63) is 67.8 Å². The van der Waals surface area contributed by atoms with E-state index in [0.717, 1.165) is 4.57 Å². The molecule has 0 saturated carbocycles. The van der Waals surface area contributed by atoms with Gasteiger partial charge in [-0.25, -0.2) is 4.79 Å². The maximum Gasteiger partial charge on any atom is 0.328 e. The number of hydrogen-bond acceptors (Lipinski definition) is 4. The quantitative estimate of drug-likeness (QED) is 0.624. The Labute approximate surface area is 164 Å². The van der Waals surface area contributed by atoms with Crippen molar-refractivity contribution in [3.63, 3.8) is 0 Å². The van der Waals surface area contributed by atoms with Gasteiger partial charge < -0.3 is 15.6 Å². The number of nitrogens with zero attached hydrogens (tertiary/aromatic N) is 1. The monoisotopic (exact) mass is 400 g/mol. The summed E-state index contributed by atoms with van der Waals surface area (Å²) in [6.45, 7) is 3.33. The van der Waals surface area contributed by atoms with Crippen LogP contribution in [-0.2, 0) is 11.3 Å². The zero-order valence-electron chi connectivity index (χ0n) is 15.1. The van der Waals surface area contributed by atoms with Gasteiger partial charge in [-0.2, -0.15) is 0 Å². The Morgan fingerprint density at radius 3 is 2.50 bits per heavy atom. The van der Waals surface area contributed by atoms with E-state index >= 15 is 0 Å². The molecule has 0 aliphatic carbocycles. The van der Waals surface area contributed by atoms with Crippen molar-refractivity contribution in [2.24, 2.45) is 0 Å². The first-order chi connectivity index (χ1) is 13.3. The molecular weight excluding hydrogens is 384 g/mol. The third kappa shape index (κ3) is 3.81. The Morgan fingerprint density at radius 2 is 1.86 bits per heavy atom. The average Bonchev–Trinajstić information content (AvgIpc) is 2.63. The first kappa shape index (κ1) is 19.4. The number of aromatic amines is 1. The predicted molar refractivity (Wildman–Crippen MR) is 108 cm³/mol. The Balaban J connectivity index is 1.91. The maximum absolute atomic E-state index is 12.6. The number of fused-ring (bicyclic) bond motifs is 1. The molecule has 2 aromatic carbocycles. The third-order valence-electron chi connectivity index (χ3n) is 4.10. The lowest BCUT2D eigenvalue weighted by atomic mass is 10.1. The van der Waals surface area contributed by atoms with E-state index in [-0.39, 0.29) is 28.6 Å². The smallest absolute Gasteiger partial charge is 0.326 e. The van der Waals surface area contributed by atoms with E-state index in [1.165, 1.54) is 31.2 Å². The minimum Gasteiger partial charge on any atom is -0.326 e. The molecule has 3 N–H and O–H groups in total. The molecule has 144 valence electrons. The summed E-state index contributed by atoms with van der Waals surface area (Å²) in [7, 11) is 0. The normalized spacial score (nSPS) is 10.7. The van der Waals surface area contributed by atoms with E-state index in [1.54, 1.807) is 19.1 Å². The Bertz CT molecular complexity index is 1210. The molecular formula is C19H17ClN4O4. The Kier molecular flexibility index (Phi) is 5.32. The van der Waals surface area contributed by atoms with Gasteiger partial charge in [-0.1, -0.05) is 11.6 Å². The number of rotatable bonds is 4. The van der Waals surface area contributed by atoms with E-state index < -0.39 is 17.2 Å². The van der Waals surface area contributed by atoms with Gasteiger partial charge in [-0.15, -0.1) is 0 Å². The highest BCUT2D eigenvalue weighted by Crippen LogP contribution is 2.26. The average molecular weight is 401 g/mol. The lowest BCUT2D eigenvalue weighted by Crippen LogP contribution is -2.34. The molecule has 0 atom stereocenters. The number of amides is 2. The van der Waals surface area contributed by atoms with E-state index in [1.807, 2.05) is 0 Å². The van der Waals surface area contributed by atoms with Gasteiger partial charge in [0.05, 0.1) is 21.6 Å². The van der Waals surface area contributed by atoms with Gasteiger partial charge in [0.15, 0.2) is 0 Å². The first-order valence-corrected chi connectivity index (χ1v) is 8.83. The lowest BCUT2D eigenvalue weighted by molar-refractivity contribution is -0.114. The van der Waals surface area contributed by atoms with Crippen LogP contribution >= 0.6 is 11.6 Å². The summed E-state index contributed by atoms with van der Waals surface area (Å²) in [5.74, 6) is -0.697. The highest BCUT2D eigenvalue weighted by atomic mass is 35.5. The number of anilines is 2. The summed E-state index contributed by atoms with van der Waals surface area (Å²) < 4.78 is 1.08. The maximum atomic E-state index is 12.6. The van der Waals surface area contributed by atoms with Crippen molar-refractivity contribution in [1.82, 2.24) is 9.55 Å². The lowest BCUT2D eigenvalue weighted by Gasteiger charge is -2.10. The molecule has 3 rings (SSSR count). The molecule has 1 heterocycles. The molecule has 0 spiro atoms. The minimum absolute atomic E-state index is 0.236. The summed E-state index contributed by atoms with van der Waals surface area (Å²) in [6.07, 6.45) is 0. The molecule has 0 radical (unpaired) electrons. The molecule has 1 aromatic heterocycles. The number of carbonyl (C=O) groups excluding carboxylic acids is 2. The summed E-state index contributed by atoms with van der Waals surface area (Å²) in [4.78, 5) is 50.5. The van der Waals surface area contributed by atoms with Gasteiger partial charge in [0, 0.05) is 24.7 Å². The van der Waals surface area contributed by atoms with Crippen molar-refractivity contribution >= 4 is 45.7 Å². The molecule has 8 nitrogen and oxygen atoms in total. The summed E-state index contributed by atoms with van der Waals surface area (Å²) in [5, 5.41) is 5.83. The van der Waals surface area contributed by atoms with Crippen LogP contribution in [0.1, 0.15) is 24.2 Å². The third-order valence-corrected chi connectivity index (χ3v) is 4.41. The molecule has 28 heavy (non-hydrogen) atoms. The van der Waals surface area contributed by atoms with E-state index in [2.05, 4.69) is 15.6 Å². The minimum atomic E-state index is -0.533. The number of carbonyl (C=O) groups is 2. The number of H-pyrrole nitrogens is 1. The predicted octanol–water partition coefficient (Wildman–Crippen LogP) is 2.57.